The molecular weight excluding hydrogens is 236 g/mol. The molecule has 1 rings (SSSR count). The quantitative estimate of drug-likeness (QED) is 0.770. The van der Waals surface area contributed by atoms with E-state index in [0.717, 1.165) is 26.2 Å². The molecule has 0 radical (unpaired) electrons. The average Bonchev–Trinajstić information content (AvgIpc) is 2.23. The van der Waals surface area contributed by atoms with E-state index in [9.17, 15) is 0 Å². The molecule has 1 aliphatic rings. The molecule has 1 N–H and O–H groups in total. The zero-order valence-corrected chi connectivity index (χ0v) is 13.9. The third kappa shape index (κ3) is 5.80. The minimum atomic E-state index is -0.0109. The Morgan fingerprint density at radius 2 is 2.05 bits per heavy atom. The summed E-state index contributed by atoms with van der Waals surface area (Å²) in [6, 6.07) is 0. The molecule has 19 heavy (non-hydrogen) atoms. The van der Waals surface area contributed by atoms with Crippen LogP contribution in [0, 0.1) is 5.41 Å². The molecular formula is C16H34N2O. The lowest BCUT2D eigenvalue weighted by Gasteiger charge is -2.45. The highest BCUT2D eigenvalue weighted by atomic mass is 16.5. The van der Waals surface area contributed by atoms with Crippen molar-refractivity contribution in [2.24, 2.45) is 5.41 Å². The fourth-order valence-corrected chi connectivity index (χ4v) is 3.50. The largest absolute Gasteiger partial charge is 0.370 e. The molecule has 1 saturated heterocycles. The molecule has 0 saturated carbocycles. The second kappa shape index (κ2) is 7.05. The monoisotopic (exact) mass is 270 g/mol. The van der Waals surface area contributed by atoms with Crippen LogP contribution in [-0.2, 0) is 4.74 Å². The van der Waals surface area contributed by atoms with E-state index in [1.165, 1.54) is 19.4 Å². The molecule has 0 amide bonds. The SMILES string of the molecule is CCCC(C)(CNCC)CN1CC(C)OC(C)(C)C1. The number of rotatable bonds is 7. The fourth-order valence-electron chi connectivity index (χ4n) is 3.50. The number of hydrogen-bond acceptors (Lipinski definition) is 3. The van der Waals surface area contributed by atoms with Gasteiger partial charge in [0.1, 0.15) is 0 Å². The van der Waals surface area contributed by atoms with Crippen molar-refractivity contribution >= 4 is 0 Å². The van der Waals surface area contributed by atoms with Crippen molar-refractivity contribution in [1.29, 1.82) is 0 Å². The van der Waals surface area contributed by atoms with Crippen LogP contribution < -0.4 is 5.32 Å². The van der Waals surface area contributed by atoms with Gasteiger partial charge in [-0.15, -0.1) is 0 Å². The van der Waals surface area contributed by atoms with E-state index < -0.39 is 0 Å². The maximum Gasteiger partial charge on any atom is 0.0757 e. The summed E-state index contributed by atoms with van der Waals surface area (Å²) in [6.45, 7) is 19.0. The smallest absolute Gasteiger partial charge is 0.0757 e. The van der Waals surface area contributed by atoms with Gasteiger partial charge in [-0.2, -0.15) is 0 Å². The van der Waals surface area contributed by atoms with Crippen LogP contribution in [0.2, 0.25) is 0 Å². The van der Waals surface area contributed by atoms with Crippen molar-refractivity contribution in [3.63, 3.8) is 0 Å². The Morgan fingerprint density at radius 1 is 1.37 bits per heavy atom. The normalized spacial score (nSPS) is 27.2. The minimum absolute atomic E-state index is 0.0109. The summed E-state index contributed by atoms with van der Waals surface area (Å²) in [6.07, 6.45) is 2.88. The molecule has 3 nitrogen and oxygen atoms in total. The Bertz CT molecular complexity index is 267. The molecule has 114 valence electrons. The standard InChI is InChI=1S/C16H34N2O/c1-7-9-16(6,11-17-8-2)13-18-10-14(3)19-15(4,5)12-18/h14,17H,7-13H2,1-6H3. The molecule has 2 atom stereocenters. The second-order valence-electron chi connectivity index (χ2n) is 7.20. The van der Waals surface area contributed by atoms with Crippen LogP contribution in [0.15, 0.2) is 0 Å². The molecule has 0 spiro atoms. The Labute approximate surface area is 120 Å². The predicted molar refractivity (Wildman–Crippen MR) is 82.6 cm³/mol. The van der Waals surface area contributed by atoms with Gasteiger partial charge in [-0.05, 0) is 39.2 Å². The molecule has 0 aromatic heterocycles. The van der Waals surface area contributed by atoms with Crippen molar-refractivity contribution in [2.45, 2.75) is 66.1 Å². The topological polar surface area (TPSA) is 24.5 Å². The lowest BCUT2D eigenvalue weighted by molar-refractivity contribution is -0.134. The van der Waals surface area contributed by atoms with E-state index in [-0.39, 0.29) is 5.60 Å². The van der Waals surface area contributed by atoms with Gasteiger partial charge in [-0.3, -0.25) is 4.90 Å². The van der Waals surface area contributed by atoms with E-state index in [1.54, 1.807) is 0 Å². The number of morpholine rings is 1. The number of hydrogen-bond donors (Lipinski definition) is 1. The van der Waals surface area contributed by atoms with Crippen LogP contribution in [0.25, 0.3) is 0 Å². The third-order valence-corrected chi connectivity index (χ3v) is 3.90. The summed E-state index contributed by atoms with van der Waals surface area (Å²) in [7, 11) is 0. The highest BCUT2D eigenvalue weighted by Crippen LogP contribution is 2.28. The van der Waals surface area contributed by atoms with Crippen LogP contribution in [0.3, 0.4) is 0 Å². The molecule has 2 unspecified atom stereocenters. The Balaban J connectivity index is 2.62. The number of nitrogens with zero attached hydrogens (tertiary/aromatic N) is 1. The molecule has 0 aromatic carbocycles. The van der Waals surface area contributed by atoms with Gasteiger partial charge in [0, 0.05) is 26.2 Å². The molecule has 3 heteroatoms. The molecule has 1 fully saturated rings. The summed E-state index contributed by atoms with van der Waals surface area (Å²) in [5.74, 6) is 0. The Hall–Kier alpha value is -0.120. The van der Waals surface area contributed by atoms with Crippen LogP contribution in [0.4, 0.5) is 0 Å². The van der Waals surface area contributed by atoms with Crippen LogP contribution >= 0.6 is 0 Å². The van der Waals surface area contributed by atoms with Gasteiger partial charge in [0.25, 0.3) is 0 Å². The summed E-state index contributed by atoms with van der Waals surface area (Å²) >= 11 is 0. The maximum absolute atomic E-state index is 6.00. The van der Waals surface area contributed by atoms with Gasteiger partial charge >= 0.3 is 0 Å². The van der Waals surface area contributed by atoms with Gasteiger partial charge in [0.15, 0.2) is 0 Å². The molecule has 0 bridgehead atoms. The van der Waals surface area contributed by atoms with Crippen molar-refractivity contribution in [3.8, 4) is 0 Å². The highest BCUT2D eigenvalue weighted by molar-refractivity contribution is 4.87. The fraction of sp³-hybridized carbons (Fsp3) is 1.00. The summed E-state index contributed by atoms with van der Waals surface area (Å²) < 4.78 is 6.00. The van der Waals surface area contributed by atoms with Gasteiger partial charge in [-0.1, -0.05) is 27.2 Å². The number of ether oxygens (including phenoxy) is 1. The van der Waals surface area contributed by atoms with E-state index >= 15 is 0 Å². The van der Waals surface area contributed by atoms with E-state index in [0.29, 0.717) is 11.5 Å². The highest BCUT2D eigenvalue weighted by Gasteiger charge is 2.35. The van der Waals surface area contributed by atoms with Gasteiger partial charge in [-0.25, -0.2) is 0 Å². The lowest BCUT2D eigenvalue weighted by atomic mass is 9.84. The van der Waals surface area contributed by atoms with Crippen molar-refractivity contribution in [1.82, 2.24) is 10.2 Å². The third-order valence-electron chi connectivity index (χ3n) is 3.90. The van der Waals surface area contributed by atoms with E-state index in [1.807, 2.05) is 0 Å². The summed E-state index contributed by atoms with van der Waals surface area (Å²) in [5, 5.41) is 3.54. The molecule has 0 aliphatic carbocycles. The van der Waals surface area contributed by atoms with Crippen LogP contribution in [0.1, 0.15) is 54.4 Å². The van der Waals surface area contributed by atoms with E-state index in [2.05, 4.69) is 51.8 Å². The van der Waals surface area contributed by atoms with Gasteiger partial charge in [0.2, 0.25) is 0 Å². The second-order valence-corrected chi connectivity index (χ2v) is 7.20. The zero-order valence-electron chi connectivity index (χ0n) is 13.9. The van der Waals surface area contributed by atoms with Crippen molar-refractivity contribution in [2.75, 3.05) is 32.7 Å². The zero-order chi connectivity index (χ0) is 14.5. The Kier molecular flexibility index (Phi) is 6.28. The molecule has 1 heterocycles. The van der Waals surface area contributed by atoms with Gasteiger partial charge < -0.3 is 10.1 Å². The predicted octanol–water partition coefficient (Wildman–Crippen LogP) is 2.90. The first-order chi connectivity index (χ1) is 8.80. The Morgan fingerprint density at radius 3 is 2.58 bits per heavy atom. The first-order valence-electron chi connectivity index (χ1n) is 7.91. The average molecular weight is 270 g/mol. The summed E-state index contributed by atoms with van der Waals surface area (Å²) in [5.41, 5.74) is 0.362. The first-order valence-corrected chi connectivity index (χ1v) is 7.91. The molecule has 0 aromatic rings. The van der Waals surface area contributed by atoms with E-state index in [4.69, 9.17) is 4.74 Å². The molecule has 1 aliphatic heterocycles. The van der Waals surface area contributed by atoms with Gasteiger partial charge in [0.05, 0.1) is 11.7 Å². The van der Waals surface area contributed by atoms with Crippen LogP contribution in [-0.4, -0.2) is 49.3 Å². The van der Waals surface area contributed by atoms with Crippen LogP contribution in [0.5, 0.6) is 0 Å². The first kappa shape index (κ1) is 16.9. The van der Waals surface area contributed by atoms with Crippen molar-refractivity contribution in [3.05, 3.63) is 0 Å². The van der Waals surface area contributed by atoms with Crippen molar-refractivity contribution < 1.29 is 4.74 Å². The minimum Gasteiger partial charge on any atom is -0.370 e. The maximum atomic E-state index is 6.00. The summed E-state index contributed by atoms with van der Waals surface area (Å²) in [4.78, 5) is 2.60. The number of nitrogens with one attached hydrogen (secondary N) is 1. The lowest BCUT2D eigenvalue weighted by Crippen LogP contribution is -2.55.